The van der Waals surface area contributed by atoms with Crippen molar-refractivity contribution in [2.45, 2.75) is 19.8 Å². The Labute approximate surface area is 139 Å². The van der Waals surface area contributed by atoms with Gasteiger partial charge in [-0.15, -0.1) is 0 Å². The number of imide groups is 1. The first kappa shape index (κ1) is 16.1. The first-order valence-corrected chi connectivity index (χ1v) is 7.96. The van der Waals surface area contributed by atoms with Gasteiger partial charge in [0.25, 0.3) is 0 Å². The second-order valence-electron chi connectivity index (χ2n) is 5.74. The van der Waals surface area contributed by atoms with Gasteiger partial charge in [-0.2, -0.15) is 0 Å². The summed E-state index contributed by atoms with van der Waals surface area (Å²) in [6, 6.07) is 10.1. The average Bonchev–Trinajstić information content (AvgIpc) is 2.95. The fourth-order valence-electron chi connectivity index (χ4n) is 2.89. The molecule has 3 N–H and O–H groups in total. The van der Waals surface area contributed by atoms with Crippen LogP contribution in [0.25, 0.3) is 21.8 Å². The molecule has 0 aliphatic rings. The minimum absolute atomic E-state index is 0.214. The molecule has 0 aliphatic carbocycles. The molecule has 2 heterocycles. The molecule has 6 heteroatoms. The van der Waals surface area contributed by atoms with Crippen molar-refractivity contribution in [3.8, 4) is 0 Å². The van der Waals surface area contributed by atoms with Crippen LogP contribution in [-0.2, 0) is 16.0 Å². The van der Waals surface area contributed by atoms with Crippen molar-refractivity contribution in [1.82, 2.24) is 14.9 Å². The van der Waals surface area contributed by atoms with Crippen molar-refractivity contribution in [2.24, 2.45) is 5.73 Å². The average molecular weight is 324 g/mol. The van der Waals surface area contributed by atoms with Gasteiger partial charge in [0.15, 0.2) is 0 Å². The van der Waals surface area contributed by atoms with Crippen LogP contribution in [0.5, 0.6) is 0 Å². The van der Waals surface area contributed by atoms with Crippen LogP contribution in [0.2, 0.25) is 0 Å². The van der Waals surface area contributed by atoms with Crippen molar-refractivity contribution in [1.29, 1.82) is 0 Å². The number of amides is 2. The van der Waals surface area contributed by atoms with E-state index < -0.39 is 0 Å². The minimum Gasteiger partial charge on any atom is -0.353 e. The van der Waals surface area contributed by atoms with E-state index in [0.29, 0.717) is 6.42 Å². The fraction of sp³-hybridized carbons (Fsp3) is 0.278. The van der Waals surface area contributed by atoms with Crippen molar-refractivity contribution < 1.29 is 9.59 Å². The van der Waals surface area contributed by atoms with E-state index in [1.54, 1.807) is 6.20 Å². The number of rotatable bonds is 5. The van der Waals surface area contributed by atoms with Crippen LogP contribution in [0.4, 0.5) is 0 Å². The molecule has 3 aromatic rings. The molecule has 0 aliphatic heterocycles. The molecule has 0 atom stereocenters. The molecule has 24 heavy (non-hydrogen) atoms. The normalized spacial score (nSPS) is 11.1. The van der Waals surface area contributed by atoms with E-state index in [2.05, 4.69) is 16.0 Å². The van der Waals surface area contributed by atoms with E-state index in [1.165, 1.54) is 11.8 Å². The van der Waals surface area contributed by atoms with Crippen LogP contribution in [-0.4, -0.2) is 39.8 Å². The van der Waals surface area contributed by atoms with Crippen LogP contribution in [0.15, 0.2) is 36.5 Å². The first-order valence-electron chi connectivity index (χ1n) is 7.96. The molecular formula is C18H20N4O2. The molecule has 0 unspecified atom stereocenters. The smallest absolute Gasteiger partial charge is 0.229 e. The zero-order valence-electron chi connectivity index (χ0n) is 13.6. The molecule has 0 fully saturated rings. The van der Waals surface area contributed by atoms with Gasteiger partial charge >= 0.3 is 0 Å². The second-order valence-corrected chi connectivity index (χ2v) is 5.74. The number of nitrogens with one attached hydrogen (secondary N) is 1. The lowest BCUT2D eigenvalue weighted by molar-refractivity contribution is -0.143. The predicted octanol–water partition coefficient (Wildman–Crippen LogP) is 1.98. The number of benzene rings is 1. The Kier molecular flexibility index (Phi) is 4.57. The maximum atomic E-state index is 12.2. The molecule has 1 aromatic carbocycles. The highest BCUT2D eigenvalue weighted by molar-refractivity contribution is 6.07. The topological polar surface area (TPSA) is 92.1 Å². The molecule has 0 bridgehead atoms. The zero-order valence-corrected chi connectivity index (χ0v) is 13.6. The van der Waals surface area contributed by atoms with Crippen LogP contribution >= 0.6 is 0 Å². The molecule has 3 rings (SSSR count). The van der Waals surface area contributed by atoms with Crippen molar-refractivity contribution in [3.63, 3.8) is 0 Å². The number of nitrogens with two attached hydrogens (primary N) is 1. The number of aromatic amines is 1. The SMILES string of the molecule is CC(=O)N(CCN)C(=O)CCc1cc2c(cn1)[nH]c1ccccc12. The Bertz CT molecular complexity index is 900. The summed E-state index contributed by atoms with van der Waals surface area (Å²) in [5.41, 5.74) is 8.32. The zero-order chi connectivity index (χ0) is 17.1. The summed E-state index contributed by atoms with van der Waals surface area (Å²) in [5.74, 6) is -0.487. The monoisotopic (exact) mass is 324 g/mol. The lowest BCUT2D eigenvalue weighted by Crippen LogP contribution is -2.39. The molecule has 0 radical (unpaired) electrons. The molecule has 2 aromatic heterocycles. The Hall–Kier alpha value is -2.73. The Morgan fingerprint density at radius 3 is 2.75 bits per heavy atom. The third-order valence-corrected chi connectivity index (χ3v) is 4.08. The van der Waals surface area contributed by atoms with Crippen LogP contribution in [0, 0.1) is 0 Å². The van der Waals surface area contributed by atoms with Crippen molar-refractivity contribution >= 4 is 33.6 Å². The number of fused-ring (bicyclic) bond motifs is 3. The number of hydrogen-bond donors (Lipinski definition) is 2. The van der Waals surface area contributed by atoms with Gasteiger partial charge in [0, 0.05) is 48.4 Å². The number of H-pyrrole nitrogens is 1. The number of aryl methyl sites for hydroxylation is 1. The highest BCUT2D eigenvalue weighted by Gasteiger charge is 2.17. The molecular weight excluding hydrogens is 304 g/mol. The van der Waals surface area contributed by atoms with E-state index in [-0.39, 0.29) is 31.3 Å². The van der Waals surface area contributed by atoms with E-state index in [9.17, 15) is 9.59 Å². The van der Waals surface area contributed by atoms with Gasteiger partial charge in [0.2, 0.25) is 11.8 Å². The first-order chi connectivity index (χ1) is 11.6. The molecule has 124 valence electrons. The second kappa shape index (κ2) is 6.80. The van der Waals surface area contributed by atoms with E-state index >= 15 is 0 Å². The quantitative estimate of drug-likeness (QED) is 0.750. The van der Waals surface area contributed by atoms with Gasteiger partial charge in [-0.1, -0.05) is 18.2 Å². The van der Waals surface area contributed by atoms with Gasteiger partial charge in [0.05, 0.1) is 11.7 Å². The lowest BCUT2D eigenvalue weighted by atomic mass is 10.1. The van der Waals surface area contributed by atoms with Crippen LogP contribution in [0.1, 0.15) is 19.0 Å². The Morgan fingerprint density at radius 2 is 2.00 bits per heavy atom. The van der Waals surface area contributed by atoms with Gasteiger partial charge in [-0.05, 0) is 18.6 Å². The third kappa shape index (κ3) is 3.14. The molecule has 0 saturated carbocycles. The molecule has 0 saturated heterocycles. The summed E-state index contributed by atoms with van der Waals surface area (Å²) in [6.45, 7) is 1.90. The summed E-state index contributed by atoms with van der Waals surface area (Å²) in [6.07, 6.45) is 2.51. The number of aromatic nitrogens is 2. The number of pyridine rings is 1. The lowest BCUT2D eigenvalue weighted by Gasteiger charge is -2.17. The van der Waals surface area contributed by atoms with E-state index in [1.807, 2.05) is 24.3 Å². The number of nitrogens with zero attached hydrogens (tertiary/aromatic N) is 2. The summed E-state index contributed by atoms with van der Waals surface area (Å²) < 4.78 is 0. The number of carbonyl (C=O) groups excluding carboxylic acids is 2. The van der Waals surface area contributed by atoms with Crippen LogP contribution in [0.3, 0.4) is 0 Å². The summed E-state index contributed by atoms with van der Waals surface area (Å²) >= 11 is 0. The summed E-state index contributed by atoms with van der Waals surface area (Å²) in [5, 5.41) is 2.23. The maximum absolute atomic E-state index is 12.2. The maximum Gasteiger partial charge on any atom is 0.229 e. The van der Waals surface area contributed by atoms with Gasteiger partial charge in [0.1, 0.15) is 0 Å². The van der Waals surface area contributed by atoms with Crippen molar-refractivity contribution in [2.75, 3.05) is 13.1 Å². The van der Waals surface area contributed by atoms with E-state index in [4.69, 9.17) is 5.73 Å². The number of hydrogen-bond acceptors (Lipinski definition) is 4. The van der Waals surface area contributed by atoms with Crippen LogP contribution < -0.4 is 5.73 Å². The number of para-hydroxylation sites is 1. The highest BCUT2D eigenvalue weighted by Crippen LogP contribution is 2.25. The highest BCUT2D eigenvalue weighted by atomic mass is 16.2. The Morgan fingerprint density at radius 1 is 1.21 bits per heavy atom. The standard InChI is InChI=1S/C18H20N4O2/c1-12(23)22(9-8-19)18(24)7-6-13-10-15-14-4-2-3-5-16(14)21-17(15)11-20-13/h2-5,10-11,21H,6-9,19H2,1H3. The van der Waals surface area contributed by atoms with Gasteiger partial charge in [-0.25, -0.2) is 0 Å². The molecule has 2 amide bonds. The summed E-state index contributed by atoms with van der Waals surface area (Å²) in [7, 11) is 0. The molecule has 6 nitrogen and oxygen atoms in total. The molecule has 0 spiro atoms. The Balaban J connectivity index is 1.79. The number of carbonyl (C=O) groups is 2. The van der Waals surface area contributed by atoms with Gasteiger partial charge in [-0.3, -0.25) is 19.5 Å². The van der Waals surface area contributed by atoms with E-state index in [0.717, 1.165) is 27.5 Å². The van der Waals surface area contributed by atoms with Gasteiger partial charge < -0.3 is 10.7 Å². The largest absolute Gasteiger partial charge is 0.353 e. The fourth-order valence-corrected chi connectivity index (χ4v) is 2.89. The minimum atomic E-state index is -0.273. The summed E-state index contributed by atoms with van der Waals surface area (Å²) in [4.78, 5) is 32.6. The third-order valence-electron chi connectivity index (χ3n) is 4.08. The predicted molar refractivity (Wildman–Crippen MR) is 93.4 cm³/mol. The van der Waals surface area contributed by atoms with Crippen molar-refractivity contribution in [3.05, 3.63) is 42.2 Å².